The summed E-state index contributed by atoms with van der Waals surface area (Å²) in [6.07, 6.45) is 5.49. The molecule has 8 nitrogen and oxygen atoms in total. The van der Waals surface area contributed by atoms with Crippen LogP contribution >= 0.6 is 0 Å². The zero-order valence-corrected chi connectivity index (χ0v) is 15.6. The van der Waals surface area contributed by atoms with Gasteiger partial charge in [0, 0.05) is 29.8 Å². The van der Waals surface area contributed by atoms with Gasteiger partial charge in [-0.2, -0.15) is 0 Å². The smallest absolute Gasteiger partial charge is 0.258 e. The summed E-state index contributed by atoms with van der Waals surface area (Å²) in [6.45, 7) is 0. The quantitative estimate of drug-likeness (QED) is 0.446. The molecule has 0 unspecified atom stereocenters. The zero-order chi connectivity index (χ0) is 20.8. The van der Waals surface area contributed by atoms with E-state index in [9.17, 15) is 9.18 Å². The Morgan fingerprint density at radius 3 is 2.30 bits per heavy atom. The maximum atomic E-state index is 13.7. The third-order valence-corrected chi connectivity index (χ3v) is 4.02. The summed E-state index contributed by atoms with van der Waals surface area (Å²) in [5.41, 5.74) is 1.22. The molecule has 0 fully saturated rings. The van der Waals surface area contributed by atoms with E-state index in [4.69, 9.17) is 0 Å². The molecule has 0 saturated heterocycles. The van der Waals surface area contributed by atoms with E-state index in [-0.39, 0.29) is 5.56 Å². The fraction of sp³-hybridized carbons (Fsp3) is 0. The van der Waals surface area contributed by atoms with Crippen LogP contribution in [0.3, 0.4) is 0 Å². The number of halogens is 1. The summed E-state index contributed by atoms with van der Waals surface area (Å²) in [7, 11) is 0. The highest BCUT2D eigenvalue weighted by atomic mass is 19.1. The van der Waals surface area contributed by atoms with Gasteiger partial charge in [0.05, 0.1) is 11.8 Å². The molecule has 3 aromatic heterocycles. The zero-order valence-electron chi connectivity index (χ0n) is 15.6. The fourth-order valence-electron chi connectivity index (χ4n) is 2.60. The molecule has 0 atom stereocenters. The second kappa shape index (κ2) is 8.74. The molecule has 0 spiro atoms. The SMILES string of the molecule is O=C(Nc1ccc(Nc2cc(Nc3ccccn3)ncn2)cc1)c1ccncc1F. The molecule has 9 heteroatoms. The van der Waals surface area contributed by atoms with Crippen molar-refractivity contribution in [2.75, 3.05) is 16.0 Å². The average Bonchev–Trinajstić information content (AvgIpc) is 2.76. The molecule has 0 aliphatic carbocycles. The van der Waals surface area contributed by atoms with Crippen molar-refractivity contribution in [1.82, 2.24) is 19.9 Å². The lowest BCUT2D eigenvalue weighted by Crippen LogP contribution is -2.13. The van der Waals surface area contributed by atoms with Crippen LogP contribution in [0.2, 0.25) is 0 Å². The third-order valence-electron chi connectivity index (χ3n) is 4.02. The molecular formula is C21H16FN7O. The number of pyridine rings is 2. The Morgan fingerprint density at radius 2 is 1.57 bits per heavy atom. The molecule has 30 heavy (non-hydrogen) atoms. The highest BCUT2D eigenvalue weighted by molar-refractivity contribution is 6.04. The highest BCUT2D eigenvalue weighted by Crippen LogP contribution is 2.20. The number of amides is 1. The van der Waals surface area contributed by atoms with Crippen molar-refractivity contribution >= 4 is 34.7 Å². The van der Waals surface area contributed by atoms with E-state index < -0.39 is 11.7 Å². The second-order valence-corrected chi connectivity index (χ2v) is 6.14. The summed E-state index contributed by atoms with van der Waals surface area (Å²) in [5, 5.41) is 8.90. The molecule has 4 rings (SSSR count). The predicted octanol–water partition coefficient (Wildman–Crippen LogP) is 4.15. The van der Waals surface area contributed by atoms with Crippen molar-refractivity contribution < 1.29 is 9.18 Å². The molecule has 4 aromatic rings. The Balaban J connectivity index is 1.41. The van der Waals surface area contributed by atoms with Crippen LogP contribution in [-0.4, -0.2) is 25.8 Å². The lowest BCUT2D eigenvalue weighted by molar-refractivity contribution is 0.102. The van der Waals surface area contributed by atoms with E-state index in [0.717, 1.165) is 11.9 Å². The van der Waals surface area contributed by atoms with E-state index in [1.807, 2.05) is 18.2 Å². The van der Waals surface area contributed by atoms with Crippen molar-refractivity contribution in [2.45, 2.75) is 0 Å². The third kappa shape index (κ3) is 4.71. The Labute approximate surface area is 171 Å². The first kappa shape index (κ1) is 18.9. The maximum absolute atomic E-state index is 13.7. The molecule has 0 aliphatic heterocycles. The van der Waals surface area contributed by atoms with E-state index in [1.165, 1.54) is 18.6 Å². The number of carbonyl (C=O) groups excluding carboxylic acids is 1. The van der Waals surface area contributed by atoms with Crippen molar-refractivity contribution in [1.29, 1.82) is 0 Å². The van der Waals surface area contributed by atoms with Crippen molar-refractivity contribution in [3.63, 3.8) is 0 Å². The standard InChI is InChI=1S/C21H16FN7O/c22-17-12-23-10-8-16(17)21(30)28-15-6-4-14(5-7-15)27-19-11-20(26-13-25-19)29-18-3-1-2-9-24-18/h1-13H,(H,28,30)(H2,24,25,26,27,29). The Kier molecular flexibility index (Phi) is 5.52. The van der Waals surface area contributed by atoms with E-state index in [1.54, 1.807) is 36.5 Å². The minimum Gasteiger partial charge on any atom is -0.340 e. The fourth-order valence-corrected chi connectivity index (χ4v) is 2.60. The number of benzene rings is 1. The van der Waals surface area contributed by atoms with Crippen LogP contribution in [0, 0.1) is 5.82 Å². The van der Waals surface area contributed by atoms with Crippen LogP contribution in [0.1, 0.15) is 10.4 Å². The molecule has 0 bridgehead atoms. The second-order valence-electron chi connectivity index (χ2n) is 6.14. The monoisotopic (exact) mass is 401 g/mol. The van der Waals surface area contributed by atoms with Crippen LogP contribution < -0.4 is 16.0 Å². The molecule has 0 aliphatic rings. The van der Waals surface area contributed by atoms with Gasteiger partial charge in [0.15, 0.2) is 5.82 Å². The Bertz CT molecular complexity index is 1150. The topological polar surface area (TPSA) is 105 Å². The number of nitrogens with one attached hydrogen (secondary N) is 3. The van der Waals surface area contributed by atoms with E-state index in [2.05, 4.69) is 35.9 Å². The van der Waals surface area contributed by atoms with Gasteiger partial charge in [-0.15, -0.1) is 0 Å². The van der Waals surface area contributed by atoms with Gasteiger partial charge >= 0.3 is 0 Å². The molecular weight excluding hydrogens is 385 g/mol. The maximum Gasteiger partial charge on any atom is 0.258 e. The number of anilines is 5. The highest BCUT2D eigenvalue weighted by Gasteiger charge is 2.11. The molecule has 3 N–H and O–H groups in total. The summed E-state index contributed by atoms with van der Waals surface area (Å²) in [4.78, 5) is 28.4. The number of hydrogen-bond donors (Lipinski definition) is 3. The number of hydrogen-bond acceptors (Lipinski definition) is 7. The molecule has 0 saturated carbocycles. The van der Waals surface area contributed by atoms with Gasteiger partial charge in [-0.25, -0.2) is 19.3 Å². The Morgan fingerprint density at radius 1 is 0.800 bits per heavy atom. The van der Waals surface area contributed by atoms with Gasteiger partial charge in [-0.3, -0.25) is 9.78 Å². The van der Waals surface area contributed by atoms with Crippen LogP contribution in [0.25, 0.3) is 0 Å². The minimum atomic E-state index is -0.674. The van der Waals surface area contributed by atoms with Crippen molar-refractivity contribution in [3.05, 3.63) is 90.9 Å². The first-order chi connectivity index (χ1) is 14.7. The normalized spacial score (nSPS) is 10.3. The van der Waals surface area contributed by atoms with Crippen LogP contribution in [0.4, 0.5) is 33.2 Å². The van der Waals surface area contributed by atoms with Gasteiger partial charge < -0.3 is 16.0 Å². The average molecular weight is 401 g/mol. The number of nitrogens with zero attached hydrogens (tertiary/aromatic N) is 4. The minimum absolute atomic E-state index is 0.0684. The largest absolute Gasteiger partial charge is 0.340 e. The van der Waals surface area contributed by atoms with Crippen molar-refractivity contribution in [3.8, 4) is 0 Å². The van der Waals surface area contributed by atoms with Crippen LogP contribution in [-0.2, 0) is 0 Å². The number of carbonyl (C=O) groups is 1. The first-order valence-electron chi connectivity index (χ1n) is 8.95. The van der Waals surface area contributed by atoms with Crippen molar-refractivity contribution in [2.24, 2.45) is 0 Å². The lowest BCUT2D eigenvalue weighted by atomic mass is 10.2. The Hall–Kier alpha value is -4.40. The van der Waals surface area contributed by atoms with Gasteiger partial charge in [-0.05, 0) is 42.5 Å². The molecule has 0 radical (unpaired) electrons. The van der Waals surface area contributed by atoms with E-state index in [0.29, 0.717) is 23.1 Å². The van der Waals surface area contributed by atoms with Gasteiger partial charge in [0.25, 0.3) is 5.91 Å². The molecule has 148 valence electrons. The first-order valence-corrected chi connectivity index (χ1v) is 8.95. The summed E-state index contributed by atoms with van der Waals surface area (Å²) in [6, 6.07) is 15.6. The van der Waals surface area contributed by atoms with Crippen LogP contribution in [0.5, 0.6) is 0 Å². The number of aromatic nitrogens is 4. The van der Waals surface area contributed by atoms with Gasteiger partial charge in [-0.1, -0.05) is 6.07 Å². The number of rotatable bonds is 6. The van der Waals surface area contributed by atoms with Gasteiger partial charge in [0.2, 0.25) is 0 Å². The molecule has 1 aromatic carbocycles. The van der Waals surface area contributed by atoms with Gasteiger partial charge in [0.1, 0.15) is 23.8 Å². The summed E-state index contributed by atoms with van der Waals surface area (Å²) in [5.74, 6) is 0.630. The van der Waals surface area contributed by atoms with Crippen LogP contribution in [0.15, 0.2) is 79.5 Å². The summed E-state index contributed by atoms with van der Waals surface area (Å²) < 4.78 is 13.7. The molecule has 1 amide bonds. The molecule has 3 heterocycles. The summed E-state index contributed by atoms with van der Waals surface area (Å²) >= 11 is 0. The lowest BCUT2D eigenvalue weighted by Gasteiger charge is -2.10. The van der Waals surface area contributed by atoms with E-state index >= 15 is 0 Å². The predicted molar refractivity (Wildman–Crippen MR) is 111 cm³/mol.